The quantitative estimate of drug-likeness (QED) is 0.687. The highest BCUT2D eigenvalue weighted by Gasteiger charge is 2.11. The molecule has 2 aromatic carbocycles. The number of amides is 2. The molecule has 6 nitrogen and oxygen atoms in total. The molecule has 0 aromatic heterocycles. The van der Waals surface area contributed by atoms with Crippen LogP contribution in [0, 0.1) is 0 Å². The molecule has 0 fully saturated rings. The Kier molecular flexibility index (Phi) is 7.87. The van der Waals surface area contributed by atoms with Crippen molar-refractivity contribution in [3.05, 3.63) is 59.7 Å². The molecule has 150 valence electrons. The van der Waals surface area contributed by atoms with E-state index in [1.165, 1.54) is 0 Å². The van der Waals surface area contributed by atoms with Crippen LogP contribution in [0.5, 0.6) is 0 Å². The van der Waals surface area contributed by atoms with Crippen molar-refractivity contribution in [2.75, 3.05) is 37.0 Å². The van der Waals surface area contributed by atoms with Gasteiger partial charge in [-0.25, -0.2) is 0 Å². The van der Waals surface area contributed by atoms with Crippen molar-refractivity contribution in [2.45, 2.75) is 26.7 Å². The van der Waals surface area contributed by atoms with Gasteiger partial charge in [-0.05, 0) is 55.8 Å². The van der Waals surface area contributed by atoms with Gasteiger partial charge in [0, 0.05) is 49.7 Å². The maximum absolute atomic E-state index is 12.3. The summed E-state index contributed by atoms with van der Waals surface area (Å²) >= 11 is 0. The monoisotopic (exact) mass is 382 g/mol. The summed E-state index contributed by atoms with van der Waals surface area (Å²) in [5.74, 6) is -0.703. The molecule has 0 saturated carbocycles. The van der Waals surface area contributed by atoms with Crippen LogP contribution in [0.3, 0.4) is 0 Å². The summed E-state index contributed by atoms with van der Waals surface area (Å²) < 4.78 is 0. The lowest BCUT2D eigenvalue weighted by Crippen LogP contribution is -2.41. The second-order valence-electron chi connectivity index (χ2n) is 6.83. The zero-order chi connectivity index (χ0) is 20.5. The highest BCUT2D eigenvalue weighted by molar-refractivity contribution is 5.99. The zero-order valence-corrected chi connectivity index (χ0v) is 17.2. The average Bonchev–Trinajstić information content (AvgIpc) is 2.72. The van der Waals surface area contributed by atoms with E-state index in [9.17, 15) is 9.59 Å². The van der Waals surface area contributed by atoms with E-state index in [0.717, 1.165) is 37.3 Å². The van der Waals surface area contributed by atoms with Crippen LogP contribution in [-0.4, -0.2) is 39.0 Å². The highest BCUT2D eigenvalue weighted by Crippen LogP contribution is 2.16. The number of unbranched alkanes of at least 4 members (excludes halogenated alkanes) is 1. The normalized spacial score (nSPS) is 10.3. The molecular formula is C22H30N4O2. The molecule has 0 aliphatic rings. The van der Waals surface area contributed by atoms with Crippen LogP contribution in [0.1, 0.15) is 47.4 Å². The number of rotatable bonds is 8. The zero-order valence-electron chi connectivity index (χ0n) is 17.2. The van der Waals surface area contributed by atoms with Crippen LogP contribution in [0.15, 0.2) is 48.5 Å². The molecule has 6 heteroatoms. The molecular weight excluding hydrogens is 352 g/mol. The summed E-state index contributed by atoms with van der Waals surface area (Å²) in [6.07, 6.45) is 2.28. The van der Waals surface area contributed by atoms with Crippen LogP contribution in [-0.2, 0) is 0 Å². The molecule has 0 spiro atoms. The Morgan fingerprint density at radius 1 is 0.857 bits per heavy atom. The van der Waals surface area contributed by atoms with Crippen molar-refractivity contribution in [1.82, 2.24) is 10.9 Å². The van der Waals surface area contributed by atoms with Crippen molar-refractivity contribution >= 4 is 23.2 Å². The van der Waals surface area contributed by atoms with E-state index in [1.807, 2.05) is 43.3 Å². The predicted octanol–water partition coefficient (Wildman–Crippen LogP) is 3.45. The van der Waals surface area contributed by atoms with Crippen LogP contribution in [0.25, 0.3) is 0 Å². The van der Waals surface area contributed by atoms with E-state index in [-0.39, 0.29) is 11.8 Å². The highest BCUT2D eigenvalue weighted by atomic mass is 16.2. The fourth-order valence-electron chi connectivity index (χ4n) is 2.83. The lowest BCUT2D eigenvalue weighted by Gasteiger charge is -2.23. The fourth-order valence-corrected chi connectivity index (χ4v) is 2.83. The standard InChI is InChI=1S/C22H30N4O2/c1-5-7-15-26(6-2)19-13-11-17(12-14-19)21(27)23-24-22(28)18-9-8-10-20(16-18)25(3)4/h8-14,16H,5-7,15H2,1-4H3,(H,23,27)(H,24,28). The Bertz CT molecular complexity index is 787. The van der Waals surface area contributed by atoms with Crippen LogP contribution < -0.4 is 20.7 Å². The number of anilines is 2. The number of nitrogens with one attached hydrogen (secondary N) is 2. The van der Waals surface area contributed by atoms with Crippen molar-refractivity contribution < 1.29 is 9.59 Å². The third kappa shape index (κ3) is 5.74. The summed E-state index contributed by atoms with van der Waals surface area (Å²) in [5.41, 5.74) is 7.94. The number of hydrogen-bond donors (Lipinski definition) is 2. The van der Waals surface area contributed by atoms with Crippen molar-refractivity contribution in [1.29, 1.82) is 0 Å². The molecule has 0 saturated heterocycles. The van der Waals surface area contributed by atoms with Crippen LogP contribution in [0.2, 0.25) is 0 Å². The second kappa shape index (κ2) is 10.3. The van der Waals surface area contributed by atoms with Gasteiger partial charge in [0.15, 0.2) is 0 Å². The minimum Gasteiger partial charge on any atom is -0.378 e. The lowest BCUT2D eigenvalue weighted by molar-refractivity contribution is 0.0846. The minimum atomic E-state index is -0.356. The van der Waals surface area contributed by atoms with Crippen molar-refractivity contribution in [2.24, 2.45) is 0 Å². The van der Waals surface area contributed by atoms with Gasteiger partial charge in [-0.3, -0.25) is 20.4 Å². The Hall–Kier alpha value is -3.02. The van der Waals surface area contributed by atoms with Crippen LogP contribution in [0.4, 0.5) is 11.4 Å². The molecule has 0 aliphatic carbocycles. The van der Waals surface area contributed by atoms with E-state index in [2.05, 4.69) is 29.6 Å². The molecule has 2 aromatic rings. The van der Waals surface area contributed by atoms with Gasteiger partial charge in [0.25, 0.3) is 11.8 Å². The fraction of sp³-hybridized carbons (Fsp3) is 0.364. The van der Waals surface area contributed by atoms with Gasteiger partial charge in [0.1, 0.15) is 0 Å². The lowest BCUT2D eigenvalue weighted by atomic mass is 10.1. The van der Waals surface area contributed by atoms with Crippen LogP contribution >= 0.6 is 0 Å². The molecule has 2 amide bonds. The Morgan fingerprint density at radius 2 is 1.50 bits per heavy atom. The Labute approximate surface area is 167 Å². The molecule has 2 N–H and O–H groups in total. The van der Waals surface area contributed by atoms with E-state index >= 15 is 0 Å². The molecule has 0 atom stereocenters. The molecule has 2 rings (SSSR count). The SMILES string of the molecule is CCCCN(CC)c1ccc(C(=O)NNC(=O)c2cccc(N(C)C)c2)cc1. The maximum atomic E-state index is 12.3. The average molecular weight is 383 g/mol. The Morgan fingerprint density at radius 3 is 2.07 bits per heavy atom. The number of nitrogens with zero attached hydrogens (tertiary/aromatic N) is 2. The second-order valence-corrected chi connectivity index (χ2v) is 6.83. The molecule has 0 unspecified atom stereocenters. The maximum Gasteiger partial charge on any atom is 0.269 e. The van der Waals surface area contributed by atoms with Gasteiger partial charge in [-0.15, -0.1) is 0 Å². The third-order valence-corrected chi connectivity index (χ3v) is 4.57. The van der Waals surface area contributed by atoms with E-state index in [1.54, 1.807) is 24.3 Å². The van der Waals surface area contributed by atoms with Gasteiger partial charge in [0.2, 0.25) is 0 Å². The van der Waals surface area contributed by atoms with Gasteiger partial charge in [-0.2, -0.15) is 0 Å². The van der Waals surface area contributed by atoms with E-state index in [0.29, 0.717) is 11.1 Å². The van der Waals surface area contributed by atoms with E-state index in [4.69, 9.17) is 0 Å². The summed E-state index contributed by atoms with van der Waals surface area (Å²) in [5, 5.41) is 0. The Balaban J connectivity index is 1.95. The number of benzene rings is 2. The first-order valence-corrected chi connectivity index (χ1v) is 9.69. The molecule has 28 heavy (non-hydrogen) atoms. The molecule has 0 aliphatic heterocycles. The van der Waals surface area contributed by atoms with Crippen molar-refractivity contribution in [3.63, 3.8) is 0 Å². The summed E-state index contributed by atoms with van der Waals surface area (Å²) in [4.78, 5) is 28.8. The largest absolute Gasteiger partial charge is 0.378 e. The smallest absolute Gasteiger partial charge is 0.269 e. The summed E-state index contributed by atoms with van der Waals surface area (Å²) in [7, 11) is 3.81. The number of hydrogen-bond acceptors (Lipinski definition) is 4. The first-order valence-electron chi connectivity index (χ1n) is 9.69. The predicted molar refractivity (Wildman–Crippen MR) is 115 cm³/mol. The topological polar surface area (TPSA) is 64.7 Å². The number of carbonyl (C=O) groups is 2. The molecule has 0 bridgehead atoms. The minimum absolute atomic E-state index is 0.347. The van der Waals surface area contributed by atoms with Gasteiger partial charge in [-0.1, -0.05) is 19.4 Å². The first-order chi connectivity index (χ1) is 13.5. The summed E-state index contributed by atoms with van der Waals surface area (Å²) in [6.45, 7) is 6.22. The molecule has 0 radical (unpaired) electrons. The summed E-state index contributed by atoms with van der Waals surface area (Å²) in [6, 6.07) is 14.6. The third-order valence-electron chi connectivity index (χ3n) is 4.57. The molecule has 0 heterocycles. The van der Waals surface area contributed by atoms with Gasteiger partial charge in [0.05, 0.1) is 0 Å². The van der Waals surface area contributed by atoms with Gasteiger partial charge >= 0.3 is 0 Å². The number of hydrazine groups is 1. The van der Waals surface area contributed by atoms with E-state index < -0.39 is 0 Å². The number of carbonyl (C=O) groups excluding carboxylic acids is 2. The first kappa shape index (κ1) is 21.3. The van der Waals surface area contributed by atoms with Gasteiger partial charge < -0.3 is 9.80 Å². The van der Waals surface area contributed by atoms with Crippen molar-refractivity contribution in [3.8, 4) is 0 Å².